The first kappa shape index (κ1) is 20.1. The molecule has 1 heterocycles. The minimum absolute atomic E-state index is 0.0984. The molecule has 5 nitrogen and oxygen atoms in total. The lowest BCUT2D eigenvalue weighted by Crippen LogP contribution is -2.40. The Morgan fingerprint density at radius 1 is 1.19 bits per heavy atom. The molecular weight excluding hydrogens is 345 g/mol. The number of nitrogens with one attached hydrogen (secondary N) is 2. The van der Waals surface area contributed by atoms with Gasteiger partial charge >= 0.3 is 6.18 Å². The number of halogens is 3. The van der Waals surface area contributed by atoms with Crippen molar-refractivity contribution in [1.29, 1.82) is 0 Å². The van der Waals surface area contributed by atoms with Gasteiger partial charge in [-0.25, -0.2) is 0 Å². The highest BCUT2D eigenvalue weighted by Gasteiger charge is 2.26. The number of amides is 1. The predicted molar refractivity (Wildman–Crippen MR) is 94.8 cm³/mol. The van der Waals surface area contributed by atoms with E-state index in [4.69, 9.17) is 0 Å². The van der Waals surface area contributed by atoms with E-state index >= 15 is 0 Å². The lowest BCUT2D eigenvalue weighted by Gasteiger charge is -2.29. The van der Waals surface area contributed by atoms with E-state index < -0.39 is 12.6 Å². The Morgan fingerprint density at radius 2 is 1.88 bits per heavy atom. The molecule has 1 aliphatic heterocycles. The molecule has 1 aromatic rings. The first-order valence-corrected chi connectivity index (χ1v) is 8.75. The maximum Gasteiger partial charge on any atom is 0.390 e. The minimum atomic E-state index is -4.19. The van der Waals surface area contributed by atoms with E-state index in [1.165, 1.54) is 18.2 Å². The average Bonchev–Trinajstić information content (AvgIpc) is 2.62. The Hall–Kier alpha value is -2.25. The van der Waals surface area contributed by atoms with Crippen molar-refractivity contribution in [1.82, 2.24) is 15.5 Å². The highest BCUT2D eigenvalue weighted by atomic mass is 19.4. The Labute approximate surface area is 151 Å². The molecule has 0 atom stereocenters. The van der Waals surface area contributed by atoms with Gasteiger partial charge in [-0.1, -0.05) is 24.3 Å². The first-order chi connectivity index (χ1) is 12.4. The fourth-order valence-electron chi connectivity index (χ4n) is 2.86. The van der Waals surface area contributed by atoms with Crippen molar-refractivity contribution in [3.63, 3.8) is 0 Å². The summed E-state index contributed by atoms with van der Waals surface area (Å²) in [5.41, 5.74) is 2.49. The number of hydrogen-bond acceptors (Lipinski definition) is 2. The maximum atomic E-state index is 12.3. The fourth-order valence-corrected chi connectivity index (χ4v) is 2.86. The molecule has 0 bridgehead atoms. The second-order valence-corrected chi connectivity index (χ2v) is 6.23. The molecule has 0 saturated heterocycles. The zero-order valence-electron chi connectivity index (χ0n) is 14.9. The third-order valence-corrected chi connectivity index (χ3v) is 4.27. The summed E-state index contributed by atoms with van der Waals surface area (Å²) >= 11 is 0. The molecule has 144 valence electrons. The lowest BCUT2D eigenvalue weighted by atomic mass is 9.99. The Kier molecular flexibility index (Phi) is 7.29. The molecular formula is C18H25F3N4O. The molecule has 1 amide bonds. The first-order valence-electron chi connectivity index (χ1n) is 8.75. The highest BCUT2D eigenvalue weighted by Crippen LogP contribution is 2.19. The van der Waals surface area contributed by atoms with Crippen molar-refractivity contribution in [2.45, 2.75) is 38.4 Å². The van der Waals surface area contributed by atoms with Crippen molar-refractivity contribution < 1.29 is 18.0 Å². The van der Waals surface area contributed by atoms with Crippen LogP contribution >= 0.6 is 0 Å². The molecule has 26 heavy (non-hydrogen) atoms. The molecule has 0 aromatic heterocycles. The summed E-state index contributed by atoms with van der Waals surface area (Å²) in [4.78, 5) is 18.1. The highest BCUT2D eigenvalue weighted by molar-refractivity contribution is 5.80. The van der Waals surface area contributed by atoms with Crippen LogP contribution in [0.15, 0.2) is 29.3 Å². The van der Waals surface area contributed by atoms with E-state index in [0.717, 1.165) is 13.0 Å². The van der Waals surface area contributed by atoms with Gasteiger partial charge in [0.05, 0.1) is 6.42 Å². The summed E-state index contributed by atoms with van der Waals surface area (Å²) in [5.74, 6) is 0.412. The number of nitrogens with zero attached hydrogens (tertiary/aromatic N) is 2. The summed E-state index contributed by atoms with van der Waals surface area (Å²) in [7, 11) is 1.50. The third-order valence-electron chi connectivity index (χ3n) is 4.27. The molecule has 1 aromatic carbocycles. The van der Waals surface area contributed by atoms with Gasteiger partial charge in [-0.2, -0.15) is 13.2 Å². The molecule has 0 aliphatic carbocycles. The van der Waals surface area contributed by atoms with E-state index in [2.05, 4.69) is 21.7 Å². The van der Waals surface area contributed by atoms with Gasteiger partial charge in [0.25, 0.3) is 0 Å². The van der Waals surface area contributed by atoms with Crippen molar-refractivity contribution in [2.24, 2.45) is 4.99 Å². The molecule has 0 saturated carbocycles. The van der Waals surface area contributed by atoms with Crippen molar-refractivity contribution in [3.05, 3.63) is 35.4 Å². The maximum absolute atomic E-state index is 12.3. The van der Waals surface area contributed by atoms with Gasteiger partial charge in [0.2, 0.25) is 5.91 Å². The van der Waals surface area contributed by atoms with Crippen molar-refractivity contribution >= 4 is 11.9 Å². The average molecular weight is 370 g/mol. The summed E-state index contributed by atoms with van der Waals surface area (Å²) < 4.78 is 36.4. The molecule has 1 aliphatic rings. The zero-order chi connectivity index (χ0) is 19.0. The second kappa shape index (κ2) is 9.45. The van der Waals surface area contributed by atoms with Crippen LogP contribution in [0.25, 0.3) is 0 Å². The van der Waals surface area contributed by atoms with Crippen LogP contribution in [0.3, 0.4) is 0 Å². The van der Waals surface area contributed by atoms with Crippen LogP contribution in [0.5, 0.6) is 0 Å². The standard InChI is InChI=1S/C18H25F3N4O/c1-22-17(24-11-9-18(19,20)21)23-10-4-7-16(26)25-12-8-14-5-2-3-6-15(14)13-25/h2-3,5-6H,4,7-13H2,1H3,(H2,22,23,24). The largest absolute Gasteiger partial charge is 0.390 e. The van der Waals surface area contributed by atoms with E-state index in [-0.39, 0.29) is 12.5 Å². The van der Waals surface area contributed by atoms with Crippen LogP contribution in [0.2, 0.25) is 0 Å². The number of guanidine groups is 1. The van der Waals surface area contributed by atoms with Crippen LogP contribution in [0, 0.1) is 0 Å². The SMILES string of the molecule is CN=C(NCCCC(=O)N1CCc2ccccc2C1)NCCC(F)(F)F. The minimum Gasteiger partial charge on any atom is -0.356 e. The number of rotatable bonds is 6. The van der Waals surface area contributed by atoms with Crippen LogP contribution in [-0.4, -0.2) is 49.6 Å². The number of carbonyl (C=O) groups is 1. The fraction of sp³-hybridized carbons (Fsp3) is 0.556. The van der Waals surface area contributed by atoms with Crippen LogP contribution < -0.4 is 10.6 Å². The number of fused-ring (bicyclic) bond motifs is 1. The number of carbonyl (C=O) groups excluding carboxylic acids is 1. The van der Waals surface area contributed by atoms with Gasteiger partial charge in [0, 0.05) is 39.6 Å². The summed E-state index contributed by atoms with van der Waals surface area (Å²) in [6, 6.07) is 8.14. The summed E-state index contributed by atoms with van der Waals surface area (Å²) in [6.07, 6.45) is -3.24. The predicted octanol–water partition coefficient (Wildman–Crippen LogP) is 2.47. The van der Waals surface area contributed by atoms with E-state index in [1.807, 2.05) is 23.1 Å². The monoisotopic (exact) mass is 370 g/mol. The summed E-state index contributed by atoms with van der Waals surface area (Å²) in [5, 5.41) is 5.54. The number of benzene rings is 1. The number of hydrogen-bond donors (Lipinski definition) is 2. The molecule has 2 rings (SSSR count). The lowest BCUT2D eigenvalue weighted by molar-refractivity contribution is -0.133. The smallest absolute Gasteiger partial charge is 0.356 e. The Balaban J connectivity index is 1.65. The topological polar surface area (TPSA) is 56.7 Å². The van der Waals surface area contributed by atoms with Crippen molar-refractivity contribution in [3.8, 4) is 0 Å². The molecule has 2 N–H and O–H groups in total. The second-order valence-electron chi connectivity index (χ2n) is 6.23. The number of aliphatic imine (C=N–C) groups is 1. The van der Waals surface area contributed by atoms with Gasteiger partial charge in [0.15, 0.2) is 5.96 Å². The van der Waals surface area contributed by atoms with Gasteiger partial charge in [-0.15, -0.1) is 0 Å². The van der Waals surface area contributed by atoms with E-state index in [1.54, 1.807) is 0 Å². The van der Waals surface area contributed by atoms with Gasteiger partial charge in [0.1, 0.15) is 0 Å². The van der Waals surface area contributed by atoms with Crippen molar-refractivity contribution in [2.75, 3.05) is 26.7 Å². The number of alkyl halides is 3. The van der Waals surface area contributed by atoms with Gasteiger partial charge in [-0.05, 0) is 24.0 Å². The third kappa shape index (κ3) is 6.57. The van der Waals surface area contributed by atoms with E-state index in [0.29, 0.717) is 31.9 Å². The van der Waals surface area contributed by atoms with Crippen LogP contribution in [-0.2, 0) is 17.8 Å². The molecule has 8 heteroatoms. The van der Waals surface area contributed by atoms with Crippen LogP contribution in [0.1, 0.15) is 30.4 Å². The summed E-state index contributed by atoms with van der Waals surface area (Å²) in [6.45, 7) is 1.62. The molecule has 0 spiro atoms. The molecule has 0 unspecified atom stereocenters. The Bertz CT molecular complexity index is 631. The quantitative estimate of drug-likeness (QED) is 0.460. The zero-order valence-corrected chi connectivity index (χ0v) is 14.9. The molecule has 0 radical (unpaired) electrons. The van der Waals surface area contributed by atoms with E-state index in [9.17, 15) is 18.0 Å². The van der Waals surface area contributed by atoms with Gasteiger partial charge in [-0.3, -0.25) is 9.79 Å². The van der Waals surface area contributed by atoms with Crippen LogP contribution in [0.4, 0.5) is 13.2 Å². The van der Waals surface area contributed by atoms with Gasteiger partial charge < -0.3 is 15.5 Å². The Morgan fingerprint density at radius 3 is 2.58 bits per heavy atom. The molecule has 0 fully saturated rings. The normalized spacial score (nSPS) is 14.8.